The summed E-state index contributed by atoms with van der Waals surface area (Å²) in [4.78, 5) is 0. The van der Waals surface area contributed by atoms with Crippen LogP contribution in [0.25, 0.3) is 11.3 Å². The third-order valence-electron chi connectivity index (χ3n) is 2.50. The molecule has 0 aliphatic heterocycles. The Hall–Kier alpha value is -1.25. The lowest BCUT2D eigenvalue weighted by atomic mass is 10.1. The number of benzene rings is 1. The molecule has 1 heterocycles. The maximum atomic E-state index is 5.85. The third kappa shape index (κ3) is 2.46. The average molecular weight is 236 g/mol. The van der Waals surface area contributed by atoms with E-state index in [1.165, 1.54) is 5.56 Å². The van der Waals surface area contributed by atoms with Gasteiger partial charge in [-0.2, -0.15) is 0 Å². The number of halogens is 1. The lowest BCUT2D eigenvalue weighted by Crippen LogP contribution is -2.00. The molecule has 2 nitrogen and oxygen atoms in total. The van der Waals surface area contributed by atoms with Crippen LogP contribution < -0.4 is 5.73 Å². The highest BCUT2D eigenvalue weighted by atomic mass is 35.5. The van der Waals surface area contributed by atoms with E-state index in [2.05, 4.69) is 0 Å². The molecular weight excluding hydrogens is 222 g/mol. The smallest absolute Gasteiger partial charge is 0.137 e. The first-order chi connectivity index (χ1) is 7.81. The van der Waals surface area contributed by atoms with E-state index in [0.29, 0.717) is 6.54 Å². The molecule has 0 bridgehead atoms. The molecule has 0 aliphatic rings. The quantitative estimate of drug-likeness (QED) is 0.881. The maximum absolute atomic E-state index is 5.85. The minimum atomic E-state index is 0.700. The molecule has 2 aromatic rings. The minimum absolute atomic E-state index is 0.700. The van der Waals surface area contributed by atoms with Gasteiger partial charge < -0.3 is 10.2 Å². The Morgan fingerprint density at radius 2 is 1.88 bits per heavy atom. The van der Waals surface area contributed by atoms with Crippen molar-refractivity contribution < 1.29 is 4.42 Å². The van der Waals surface area contributed by atoms with E-state index in [-0.39, 0.29) is 0 Å². The summed E-state index contributed by atoms with van der Waals surface area (Å²) in [5, 5.41) is 0.735. The molecule has 1 aromatic heterocycles. The van der Waals surface area contributed by atoms with Crippen LogP contribution >= 0.6 is 11.6 Å². The van der Waals surface area contributed by atoms with Crippen LogP contribution in [-0.4, -0.2) is 6.54 Å². The van der Waals surface area contributed by atoms with Crippen molar-refractivity contribution in [3.63, 3.8) is 0 Å². The highest BCUT2D eigenvalue weighted by molar-refractivity contribution is 6.30. The zero-order valence-corrected chi connectivity index (χ0v) is 9.70. The van der Waals surface area contributed by atoms with E-state index in [1.807, 2.05) is 30.3 Å². The second-order valence-electron chi connectivity index (χ2n) is 3.67. The molecule has 0 fully saturated rings. The van der Waals surface area contributed by atoms with Crippen molar-refractivity contribution in [1.29, 1.82) is 0 Å². The first-order valence-electron chi connectivity index (χ1n) is 5.33. The van der Waals surface area contributed by atoms with E-state index in [9.17, 15) is 0 Å². The highest BCUT2D eigenvalue weighted by Crippen LogP contribution is 2.26. The van der Waals surface area contributed by atoms with E-state index >= 15 is 0 Å². The summed E-state index contributed by atoms with van der Waals surface area (Å²) in [6.07, 6.45) is 3.64. The van der Waals surface area contributed by atoms with Crippen molar-refractivity contribution in [1.82, 2.24) is 0 Å². The first-order valence-corrected chi connectivity index (χ1v) is 5.71. The predicted octanol–water partition coefficient (Wildman–Crippen LogP) is 3.49. The fraction of sp³-hybridized carbons (Fsp3) is 0.231. The molecule has 0 atom stereocenters. The van der Waals surface area contributed by atoms with Crippen molar-refractivity contribution >= 4 is 11.6 Å². The Bertz CT molecular complexity index is 447. The van der Waals surface area contributed by atoms with Gasteiger partial charge in [-0.1, -0.05) is 11.6 Å². The minimum Gasteiger partial charge on any atom is -0.464 e. The molecule has 2 N–H and O–H groups in total. The van der Waals surface area contributed by atoms with Crippen molar-refractivity contribution in [2.45, 2.75) is 12.8 Å². The second-order valence-corrected chi connectivity index (χ2v) is 4.11. The van der Waals surface area contributed by atoms with Gasteiger partial charge in [-0.3, -0.25) is 0 Å². The number of hydrogen-bond acceptors (Lipinski definition) is 2. The lowest BCUT2D eigenvalue weighted by Gasteiger charge is -2.02. The molecule has 0 aliphatic carbocycles. The van der Waals surface area contributed by atoms with Crippen LogP contribution in [0.15, 0.2) is 41.0 Å². The number of hydrogen-bond donors (Lipinski definition) is 1. The topological polar surface area (TPSA) is 39.2 Å². The average Bonchev–Trinajstić information content (AvgIpc) is 2.75. The van der Waals surface area contributed by atoms with Gasteiger partial charge in [0, 0.05) is 10.6 Å². The molecule has 0 unspecified atom stereocenters. The van der Waals surface area contributed by atoms with E-state index < -0.39 is 0 Å². The summed E-state index contributed by atoms with van der Waals surface area (Å²) < 4.78 is 5.50. The maximum Gasteiger partial charge on any atom is 0.137 e. The van der Waals surface area contributed by atoms with Crippen LogP contribution in [0.1, 0.15) is 12.0 Å². The normalized spacial score (nSPS) is 10.6. The molecule has 0 spiro atoms. The van der Waals surface area contributed by atoms with Gasteiger partial charge >= 0.3 is 0 Å². The van der Waals surface area contributed by atoms with Gasteiger partial charge in [0.05, 0.1) is 6.26 Å². The van der Waals surface area contributed by atoms with Crippen molar-refractivity contribution in [3.8, 4) is 11.3 Å². The first kappa shape index (κ1) is 11.2. The van der Waals surface area contributed by atoms with Crippen LogP contribution in [0.5, 0.6) is 0 Å². The van der Waals surface area contributed by atoms with E-state index in [1.54, 1.807) is 6.26 Å². The summed E-state index contributed by atoms with van der Waals surface area (Å²) in [7, 11) is 0. The SMILES string of the molecule is NCCCc1ccoc1-c1ccc(Cl)cc1. The molecule has 0 saturated carbocycles. The second kappa shape index (κ2) is 5.19. The summed E-state index contributed by atoms with van der Waals surface area (Å²) >= 11 is 5.85. The molecular formula is C13H14ClNO. The van der Waals surface area contributed by atoms with Crippen LogP contribution in [0, 0.1) is 0 Å². The molecule has 3 heteroatoms. The van der Waals surface area contributed by atoms with Gasteiger partial charge in [-0.05, 0) is 55.3 Å². The van der Waals surface area contributed by atoms with E-state index in [0.717, 1.165) is 29.2 Å². The van der Waals surface area contributed by atoms with Gasteiger partial charge in [0.25, 0.3) is 0 Å². The molecule has 2 rings (SSSR count). The zero-order valence-electron chi connectivity index (χ0n) is 8.95. The number of furan rings is 1. The van der Waals surface area contributed by atoms with E-state index in [4.69, 9.17) is 21.8 Å². The molecule has 0 radical (unpaired) electrons. The Morgan fingerprint density at radius 1 is 1.12 bits per heavy atom. The fourth-order valence-electron chi connectivity index (χ4n) is 1.68. The van der Waals surface area contributed by atoms with Gasteiger partial charge in [0.2, 0.25) is 0 Å². The summed E-state index contributed by atoms with van der Waals surface area (Å²) in [5.74, 6) is 0.921. The van der Waals surface area contributed by atoms with Crippen LogP contribution in [-0.2, 0) is 6.42 Å². The third-order valence-corrected chi connectivity index (χ3v) is 2.76. The Morgan fingerprint density at radius 3 is 2.56 bits per heavy atom. The zero-order chi connectivity index (χ0) is 11.4. The van der Waals surface area contributed by atoms with Crippen molar-refractivity contribution in [2.24, 2.45) is 5.73 Å². The molecule has 0 saturated heterocycles. The monoisotopic (exact) mass is 235 g/mol. The van der Waals surface area contributed by atoms with Crippen LogP contribution in [0.2, 0.25) is 5.02 Å². The Kier molecular flexibility index (Phi) is 3.65. The van der Waals surface area contributed by atoms with Gasteiger partial charge in [0.1, 0.15) is 5.76 Å². The number of rotatable bonds is 4. The van der Waals surface area contributed by atoms with Gasteiger partial charge in [-0.25, -0.2) is 0 Å². The Balaban J connectivity index is 2.26. The van der Waals surface area contributed by atoms with Crippen molar-refractivity contribution in [2.75, 3.05) is 6.54 Å². The van der Waals surface area contributed by atoms with Crippen LogP contribution in [0.4, 0.5) is 0 Å². The van der Waals surface area contributed by atoms with Gasteiger partial charge in [-0.15, -0.1) is 0 Å². The van der Waals surface area contributed by atoms with Crippen LogP contribution in [0.3, 0.4) is 0 Å². The molecule has 1 aromatic carbocycles. The summed E-state index contributed by atoms with van der Waals surface area (Å²) in [6.45, 7) is 0.700. The lowest BCUT2D eigenvalue weighted by molar-refractivity contribution is 0.579. The molecule has 16 heavy (non-hydrogen) atoms. The number of nitrogens with two attached hydrogens (primary N) is 1. The largest absolute Gasteiger partial charge is 0.464 e. The predicted molar refractivity (Wildman–Crippen MR) is 66.5 cm³/mol. The highest BCUT2D eigenvalue weighted by Gasteiger charge is 2.08. The summed E-state index contributed by atoms with van der Waals surface area (Å²) in [6, 6.07) is 9.66. The Labute approximate surface area is 100 Å². The standard InChI is InChI=1S/C13H14ClNO/c14-12-5-3-11(4-6-12)13-10(2-1-8-15)7-9-16-13/h3-7,9H,1-2,8,15H2. The fourth-order valence-corrected chi connectivity index (χ4v) is 1.81. The molecule has 0 amide bonds. The van der Waals surface area contributed by atoms with Crippen molar-refractivity contribution in [3.05, 3.63) is 47.2 Å². The van der Waals surface area contributed by atoms with Gasteiger partial charge in [0.15, 0.2) is 0 Å². The summed E-state index contributed by atoms with van der Waals surface area (Å²) in [5.41, 5.74) is 7.76. The number of aryl methyl sites for hydroxylation is 1. The molecule has 84 valence electrons.